The average molecular weight is 180 g/mol. The first-order chi connectivity index (χ1) is 6.15. The second kappa shape index (κ2) is 3.57. The molecular formula is C8H8N2O3. The molecule has 0 heterocycles. The van der Waals surface area contributed by atoms with Gasteiger partial charge in [0.25, 0.3) is 0 Å². The number of nitrogens with zero attached hydrogens (tertiary/aromatic N) is 1. The van der Waals surface area contributed by atoms with Gasteiger partial charge in [0.05, 0.1) is 6.21 Å². The van der Waals surface area contributed by atoms with Gasteiger partial charge in [0.2, 0.25) is 0 Å². The van der Waals surface area contributed by atoms with E-state index in [1.807, 2.05) is 0 Å². The summed E-state index contributed by atoms with van der Waals surface area (Å²) in [5, 5.41) is 21.0. The van der Waals surface area contributed by atoms with Crippen LogP contribution in [-0.4, -0.2) is 22.4 Å². The number of nitrogens with two attached hydrogens (primary N) is 1. The van der Waals surface area contributed by atoms with E-state index >= 15 is 0 Å². The highest BCUT2D eigenvalue weighted by atomic mass is 16.4. The van der Waals surface area contributed by atoms with E-state index in [4.69, 9.17) is 10.9 Å². The van der Waals surface area contributed by atoms with Gasteiger partial charge in [-0.25, -0.2) is 4.79 Å². The van der Waals surface area contributed by atoms with Crippen LogP contribution in [0.4, 0.5) is 0 Å². The lowest BCUT2D eigenvalue weighted by Crippen LogP contribution is -1.97. The van der Waals surface area contributed by atoms with Crippen LogP contribution in [0.25, 0.3) is 0 Å². The Morgan fingerprint density at radius 1 is 1.54 bits per heavy atom. The van der Waals surface area contributed by atoms with E-state index in [-0.39, 0.29) is 11.3 Å². The lowest BCUT2D eigenvalue weighted by atomic mass is 10.1. The highest BCUT2D eigenvalue weighted by Crippen LogP contribution is 2.17. The number of rotatable bonds is 2. The zero-order valence-electron chi connectivity index (χ0n) is 6.64. The maximum absolute atomic E-state index is 10.5. The number of carboxylic acid groups (broad SMARTS) is 1. The van der Waals surface area contributed by atoms with Crippen LogP contribution in [0.3, 0.4) is 0 Å². The molecule has 0 bridgehead atoms. The highest BCUT2D eigenvalue weighted by molar-refractivity contribution is 5.92. The molecule has 0 atom stereocenters. The first kappa shape index (κ1) is 9.05. The standard InChI is InChI=1S/C8H8N2O3/c9-10-4-5-1-2-6(8(12)13)7(11)3-5/h1-4,11H,9H2,(H,12,13). The Morgan fingerprint density at radius 3 is 2.69 bits per heavy atom. The van der Waals surface area contributed by atoms with Gasteiger partial charge in [-0.15, -0.1) is 0 Å². The van der Waals surface area contributed by atoms with Gasteiger partial charge in [-0.05, 0) is 17.7 Å². The molecule has 13 heavy (non-hydrogen) atoms. The predicted molar refractivity (Wildman–Crippen MR) is 46.8 cm³/mol. The van der Waals surface area contributed by atoms with Crippen molar-refractivity contribution < 1.29 is 15.0 Å². The Bertz CT molecular complexity index is 360. The van der Waals surface area contributed by atoms with Crippen LogP contribution in [0.15, 0.2) is 23.3 Å². The van der Waals surface area contributed by atoms with Gasteiger partial charge in [-0.1, -0.05) is 6.07 Å². The highest BCUT2D eigenvalue weighted by Gasteiger charge is 2.08. The van der Waals surface area contributed by atoms with Gasteiger partial charge >= 0.3 is 5.97 Å². The van der Waals surface area contributed by atoms with Gasteiger partial charge in [0.1, 0.15) is 11.3 Å². The number of aromatic carboxylic acids is 1. The summed E-state index contributed by atoms with van der Waals surface area (Å²) in [7, 11) is 0. The third-order valence-corrected chi connectivity index (χ3v) is 1.48. The van der Waals surface area contributed by atoms with E-state index in [1.165, 1.54) is 24.4 Å². The maximum Gasteiger partial charge on any atom is 0.339 e. The fourth-order valence-electron chi connectivity index (χ4n) is 0.896. The van der Waals surface area contributed by atoms with E-state index in [0.717, 1.165) is 0 Å². The molecule has 0 spiro atoms. The van der Waals surface area contributed by atoms with E-state index < -0.39 is 5.97 Å². The summed E-state index contributed by atoms with van der Waals surface area (Å²) in [6.45, 7) is 0. The molecule has 1 aromatic carbocycles. The number of aromatic hydroxyl groups is 1. The molecule has 0 saturated carbocycles. The average Bonchev–Trinajstić information content (AvgIpc) is 2.04. The molecule has 0 aliphatic carbocycles. The summed E-state index contributed by atoms with van der Waals surface area (Å²) in [4.78, 5) is 10.5. The van der Waals surface area contributed by atoms with Crippen molar-refractivity contribution in [3.8, 4) is 5.75 Å². The van der Waals surface area contributed by atoms with Gasteiger partial charge in [-0.3, -0.25) is 0 Å². The molecular weight excluding hydrogens is 172 g/mol. The minimum atomic E-state index is -1.17. The van der Waals surface area contributed by atoms with Gasteiger partial charge < -0.3 is 16.1 Å². The Hall–Kier alpha value is -2.04. The van der Waals surface area contributed by atoms with E-state index in [9.17, 15) is 9.90 Å². The monoisotopic (exact) mass is 180 g/mol. The number of hydrogen-bond acceptors (Lipinski definition) is 4. The third-order valence-electron chi connectivity index (χ3n) is 1.48. The molecule has 0 fully saturated rings. The van der Waals surface area contributed by atoms with Crippen molar-refractivity contribution in [3.63, 3.8) is 0 Å². The van der Waals surface area contributed by atoms with Crippen molar-refractivity contribution in [1.29, 1.82) is 0 Å². The summed E-state index contributed by atoms with van der Waals surface area (Å²) in [6.07, 6.45) is 1.31. The van der Waals surface area contributed by atoms with Gasteiger partial charge in [-0.2, -0.15) is 5.10 Å². The fourth-order valence-corrected chi connectivity index (χ4v) is 0.896. The zero-order chi connectivity index (χ0) is 9.84. The lowest BCUT2D eigenvalue weighted by molar-refractivity contribution is 0.0694. The Morgan fingerprint density at radius 2 is 2.23 bits per heavy atom. The summed E-state index contributed by atoms with van der Waals surface area (Å²) >= 11 is 0. The number of phenols is 1. The summed E-state index contributed by atoms with van der Waals surface area (Å²) < 4.78 is 0. The Labute approximate surface area is 74.1 Å². The van der Waals surface area contributed by atoms with Crippen LogP contribution in [0.5, 0.6) is 5.75 Å². The maximum atomic E-state index is 10.5. The zero-order valence-corrected chi connectivity index (χ0v) is 6.64. The molecule has 5 nitrogen and oxygen atoms in total. The Kier molecular flexibility index (Phi) is 2.49. The summed E-state index contributed by atoms with van der Waals surface area (Å²) in [5.41, 5.74) is 0.402. The largest absolute Gasteiger partial charge is 0.507 e. The topological polar surface area (TPSA) is 95.9 Å². The summed E-state index contributed by atoms with van der Waals surface area (Å²) in [5.74, 6) is 3.41. The molecule has 4 N–H and O–H groups in total. The third kappa shape index (κ3) is 1.96. The van der Waals surface area contributed by atoms with Gasteiger partial charge in [0, 0.05) is 0 Å². The number of carbonyl (C=O) groups is 1. The molecule has 0 aliphatic rings. The minimum Gasteiger partial charge on any atom is -0.507 e. The number of hydrogen-bond donors (Lipinski definition) is 3. The quantitative estimate of drug-likeness (QED) is 0.348. The second-order valence-electron chi connectivity index (χ2n) is 2.36. The van der Waals surface area contributed by atoms with Crippen molar-refractivity contribution in [2.45, 2.75) is 0 Å². The first-order valence-corrected chi connectivity index (χ1v) is 3.44. The number of hydrazone groups is 1. The normalized spacial score (nSPS) is 10.5. The summed E-state index contributed by atoms with van der Waals surface area (Å²) in [6, 6.07) is 4.06. The molecule has 68 valence electrons. The number of carboxylic acids is 1. The number of benzene rings is 1. The Balaban J connectivity index is 3.12. The fraction of sp³-hybridized carbons (Fsp3) is 0. The van der Waals surface area contributed by atoms with Crippen LogP contribution in [0.2, 0.25) is 0 Å². The molecule has 0 saturated heterocycles. The van der Waals surface area contributed by atoms with Crippen molar-refractivity contribution in [1.82, 2.24) is 0 Å². The SMILES string of the molecule is NN=Cc1ccc(C(=O)O)c(O)c1. The molecule has 0 aromatic heterocycles. The van der Waals surface area contributed by atoms with Gasteiger partial charge in [0.15, 0.2) is 0 Å². The molecule has 0 aliphatic heterocycles. The molecule has 0 unspecified atom stereocenters. The first-order valence-electron chi connectivity index (χ1n) is 3.44. The minimum absolute atomic E-state index is 0.144. The van der Waals surface area contributed by atoms with Crippen LogP contribution in [0.1, 0.15) is 15.9 Å². The smallest absolute Gasteiger partial charge is 0.339 e. The van der Waals surface area contributed by atoms with E-state index in [1.54, 1.807) is 0 Å². The predicted octanol–water partition coefficient (Wildman–Crippen LogP) is 0.383. The van der Waals surface area contributed by atoms with E-state index in [2.05, 4.69) is 5.10 Å². The molecule has 1 aromatic rings. The molecule has 1 rings (SSSR count). The van der Waals surface area contributed by atoms with Crippen LogP contribution < -0.4 is 5.84 Å². The van der Waals surface area contributed by atoms with Crippen LogP contribution in [0, 0.1) is 0 Å². The molecule has 5 heteroatoms. The van der Waals surface area contributed by atoms with Crippen molar-refractivity contribution >= 4 is 12.2 Å². The second-order valence-corrected chi connectivity index (χ2v) is 2.36. The van der Waals surface area contributed by atoms with Crippen LogP contribution >= 0.6 is 0 Å². The molecule has 0 radical (unpaired) electrons. The lowest BCUT2D eigenvalue weighted by Gasteiger charge is -1.99. The van der Waals surface area contributed by atoms with Crippen molar-refractivity contribution in [2.75, 3.05) is 0 Å². The van der Waals surface area contributed by atoms with Crippen molar-refractivity contribution in [2.24, 2.45) is 10.9 Å². The van der Waals surface area contributed by atoms with Crippen molar-refractivity contribution in [3.05, 3.63) is 29.3 Å². The molecule has 0 amide bonds. The van der Waals surface area contributed by atoms with Crippen LogP contribution in [-0.2, 0) is 0 Å². The van der Waals surface area contributed by atoms with E-state index in [0.29, 0.717) is 5.56 Å².